The second-order valence-electron chi connectivity index (χ2n) is 6.06. The number of carboxylic acids is 1. The van der Waals surface area contributed by atoms with Gasteiger partial charge in [0.05, 0.1) is 0 Å². The van der Waals surface area contributed by atoms with Crippen LogP contribution >= 0.6 is 0 Å². The third kappa shape index (κ3) is 7.92. The van der Waals surface area contributed by atoms with Crippen molar-refractivity contribution in [2.45, 2.75) is 41.0 Å². The molecule has 0 aromatic heterocycles. The predicted octanol–water partition coefficient (Wildman–Crippen LogP) is 2.08. The van der Waals surface area contributed by atoms with Gasteiger partial charge in [0.15, 0.2) is 0 Å². The van der Waals surface area contributed by atoms with E-state index in [4.69, 9.17) is 5.11 Å². The first-order valence-electron chi connectivity index (χ1n) is 6.36. The van der Waals surface area contributed by atoms with Gasteiger partial charge in [0.1, 0.15) is 0 Å². The molecule has 2 amide bonds. The minimum Gasteiger partial charge on any atom is -0.481 e. The van der Waals surface area contributed by atoms with E-state index in [2.05, 4.69) is 38.3 Å². The van der Waals surface area contributed by atoms with Crippen molar-refractivity contribution < 1.29 is 14.7 Å². The van der Waals surface area contributed by atoms with E-state index in [-0.39, 0.29) is 23.8 Å². The van der Waals surface area contributed by atoms with Crippen molar-refractivity contribution in [1.82, 2.24) is 10.6 Å². The normalized spacial score (nSPS) is 14.7. The van der Waals surface area contributed by atoms with Gasteiger partial charge in [-0.05, 0) is 17.3 Å². The highest BCUT2D eigenvalue weighted by Gasteiger charge is 2.20. The van der Waals surface area contributed by atoms with Crippen LogP contribution in [0.3, 0.4) is 0 Å². The van der Waals surface area contributed by atoms with Crippen molar-refractivity contribution in [2.75, 3.05) is 13.1 Å². The Balaban J connectivity index is 3.82. The molecule has 5 heteroatoms. The average molecular weight is 258 g/mol. The highest BCUT2D eigenvalue weighted by Crippen LogP contribution is 2.24. The number of rotatable bonds is 6. The zero-order valence-electron chi connectivity index (χ0n) is 12.0. The maximum atomic E-state index is 11.5. The summed E-state index contributed by atoms with van der Waals surface area (Å²) < 4.78 is 0. The molecule has 5 nitrogen and oxygen atoms in total. The van der Waals surface area contributed by atoms with Crippen LogP contribution in [0.1, 0.15) is 41.0 Å². The van der Waals surface area contributed by atoms with Gasteiger partial charge in [0.25, 0.3) is 0 Å². The number of carbonyl (C=O) groups excluding carboxylic acids is 1. The quantitative estimate of drug-likeness (QED) is 0.682. The lowest BCUT2D eigenvalue weighted by atomic mass is 9.82. The number of hydrogen-bond donors (Lipinski definition) is 3. The highest BCUT2D eigenvalue weighted by molar-refractivity contribution is 5.74. The zero-order chi connectivity index (χ0) is 14.3. The minimum atomic E-state index is -0.842. The largest absolute Gasteiger partial charge is 0.481 e. The number of nitrogens with one attached hydrogen (secondary N) is 2. The zero-order valence-corrected chi connectivity index (χ0v) is 12.0. The fraction of sp³-hybridized carbons (Fsp3) is 0.846. The summed E-state index contributed by atoms with van der Waals surface area (Å²) in [6.07, 6.45) is 0.0681. The highest BCUT2D eigenvalue weighted by atomic mass is 16.4. The average Bonchev–Trinajstić information content (AvgIpc) is 2.20. The lowest BCUT2D eigenvalue weighted by Gasteiger charge is -2.27. The van der Waals surface area contributed by atoms with Crippen LogP contribution in [-0.2, 0) is 4.79 Å². The molecule has 0 aromatic carbocycles. The van der Waals surface area contributed by atoms with Crippen molar-refractivity contribution >= 4 is 12.0 Å². The van der Waals surface area contributed by atoms with Crippen molar-refractivity contribution in [3.63, 3.8) is 0 Å². The third-order valence-electron chi connectivity index (χ3n) is 3.18. The summed E-state index contributed by atoms with van der Waals surface area (Å²) in [5.74, 6) is -0.529. The first-order chi connectivity index (χ1) is 8.12. The van der Waals surface area contributed by atoms with E-state index in [1.54, 1.807) is 6.92 Å². The van der Waals surface area contributed by atoms with Gasteiger partial charge >= 0.3 is 12.0 Å². The number of urea groups is 1. The summed E-state index contributed by atoms with van der Waals surface area (Å²) in [4.78, 5) is 21.9. The molecule has 0 aliphatic carbocycles. The van der Waals surface area contributed by atoms with Gasteiger partial charge in [-0.1, -0.05) is 34.6 Å². The van der Waals surface area contributed by atoms with Crippen LogP contribution in [0.15, 0.2) is 0 Å². The molecule has 0 saturated carbocycles. The number of hydrogen-bond acceptors (Lipinski definition) is 2. The number of carboxylic acid groups (broad SMARTS) is 1. The molecule has 2 atom stereocenters. The van der Waals surface area contributed by atoms with Crippen LogP contribution in [0.25, 0.3) is 0 Å². The maximum Gasteiger partial charge on any atom is 0.314 e. The van der Waals surface area contributed by atoms with Gasteiger partial charge in [0, 0.05) is 19.5 Å². The first-order valence-corrected chi connectivity index (χ1v) is 6.36. The number of carbonyl (C=O) groups is 2. The SMILES string of the molecule is CC(CNC(=O)NCC(C)C(C)(C)C)CC(=O)O. The molecule has 106 valence electrons. The minimum absolute atomic E-state index is 0.0618. The molecular formula is C13H26N2O3. The molecule has 0 rings (SSSR count). The molecule has 0 aromatic rings. The Labute approximate surface area is 109 Å². The van der Waals surface area contributed by atoms with Gasteiger partial charge in [0.2, 0.25) is 0 Å². The van der Waals surface area contributed by atoms with Gasteiger partial charge in [-0.25, -0.2) is 4.79 Å². The Morgan fingerprint density at radius 3 is 2.06 bits per heavy atom. The van der Waals surface area contributed by atoms with Crippen LogP contribution in [-0.4, -0.2) is 30.2 Å². The Kier molecular flexibility index (Phi) is 6.73. The maximum absolute atomic E-state index is 11.5. The summed E-state index contributed by atoms with van der Waals surface area (Å²) >= 11 is 0. The molecule has 0 radical (unpaired) electrons. The van der Waals surface area contributed by atoms with E-state index in [1.165, 1.54) is 0 Å². The van der Waals surface area contributed by atoms with Gasteiger partial charge in [-0.2, -0.15) is 0 Å². The van der Waals surface area contributed by atoms with Gasteiger partial charge in [-0.15, -0.1) is 0 Å². The van der Waals surface area contributed by atoms with Crippen LogP contribution in [0.4, 0.5) is 4.79 Å². The second-order valence-corrected chi connectivity index (χ2v) is 6.06. The predicted molar refractivity (Wildman–Crippen MR) is 71.4 cm³/mol. The van der Waals surface area contributed by atoms with E-state index < -0.39 is 5.97 Å². The topological polar surface area (TPSA) is 78.4 Å². The first kappa shape index (κ1) is 16.7. The van der Waals surface area contributed by atoms with Crippen LogP contribution in [0, 0.1) is 17.3 Å². The van der Waals surface area contributed by atoms with Crippen LogP contribution in [0.5, 0.6) is 0 Å². The molecule has 18 heavy (non-hydrogen) atoms. The summed E-state index contributed by atoms with van der Waals surface area (Å²) in [6, 6.07) is -0.233. The van der Waals surface area contributed by atoms with Crippen molar-refractivity contribution in [3.8, 4) is 0 Å². The number of aliphatic carboxylic acids is 1. The second kappa shape index (κ2) is 7.24. The summed E-state index contributed by atoms with van der Waals surface area (Å²) in [6.45, 7) is 11.3. The Bertz CT molecular complexity index is 284. The number of amides is 2. The Morgan fingerprint density at radius 2 is 1.61 bits per heavy atom. The van der Waals surface area contributed by atoms with Crippen molar-refractivity contribution in [3.05, 3.63) is 0 Å². The third-order valence-corrected chi connectivity index (χ3v) is 3.18. The summed E-state index contributed by atoms with van der Waals surface area (Å²) in [5, 5.41) is 14.1. The van der Waals surface area contributed by atoms with Gasteiger partial charge in [-0.3, -0.25) is 4.79 Å². The molecule has 2 unspecified atom stereocenters. The lowest BCUT2D eigenvalue weighted by Crippen LogP contribution is -2.41. The van der Waals surface area contributed by atoms with Gasteiger partial charge < -0.3 is 15.7 Å². The molecule has 3 N–H and O–H groups in total. The molecule has 0 fully saturated rings. The molecule has 0 heterocycles. The van der Waals surface area contributed by atoms with E-state index >= 15 is 0 Å². The molecule has 0 saturated heterocycles. The standard InChI is InChI=1S/C13H26N2O3/c1-9(6-11(16)17)7-14-12(18)15-8-10(2)13(3,4)5/h9-10H,6-8H2,1-5H3,(H,16,17)(H2,14,15,18). The molecule has 0 bridgehead atoms. The van der Waals surface area contributed by atoms with E-state index in [0.29, 0.717) is 19.0 Å². The monoisotopic (exact) mass is 258 g/mol. The molecule has 0 aliphatic rings. The molecular weight excluding hydrogens is 232 g/mol. The van der Waals surface area contributed by atoms with Crippen LogP contribution < -0.4 is 10.6 Å². The fourth-order valence-electron chi connectivity index (χ4n) is 1.25. The Hall–Kier alpha value is -1.26. The van der Waals surface area contributed by atoms with Crippen LogP contribution in [0.2, 0.25) is 0 Å². The lowest BCUT2D eigenvalue weighted by molar-refractivity contribution is -0.137. The molecule has 0 spiro atoms. The van der Waals surface area contributed by atoms with Crippen molar-refractivity contribution in [2.24, 2.45) is 17.3 Å². The smallest absolute Gasteiger partial charge is 0.314 e. The van der Waals surface area contributed by atoms with E-state index in [1.807, 2.05) is 0 Å². The van der Waals surface area contributed by atoms with Crippen molar-refractivity contribution in [1.29, 1.82) is 0 Å². The van der Waals surface area contributed by atoms with E-state index in [9.17, 15) is 9.59 Å². The summed E-state index contributed by atoms with van der Waals surface area (Å²) in [7, 11) is 0. The summed E-state index contributed by atoms with van der Waals surface area (Å²) in [5.41, 5.74) is 0.157. The Morgan fingerprint density at radius 1 is 1.11 bits per heavy atom. The fourth-order valence-corrected chi connectivity index (χ4v) is 1.25. The molecule has 0 aliphatic heterocycles. The van der Waals surface area contributed by atoms with E-state index in [0.717, 1.165) is 0 Å².